The minimum Gasteiger partial charge on any atom is -0.462 e. The molecule has 2 aromatic rings. The van der Waals surface area contributed by atoms with Gasteiger partial charge >= 0.3 is 11.9 Å². The van der Waals surface area contributed by atoms with E-state index in [0.717, 1.165) is 5.69 Å². The summed E-state index contributed by atoms with van der Waals surface area (Å²) < 4.78 is 9.91. The van der Waals surface area contributed by atoms with Crippen molar-refractivity contribution in [2.45, 2.75) is 6.92 Å². The van der Waals surface area contributed by atoms with Crippen LogP contribution in [0.2, 0.25) is 0 Å². The molecule has 0 heterocycles. The van der Waals surface area contributed by atoms with Crippen LogP contribution in [0.5, 0.6) is 0 Å². The van der Waals surface area contributed by atoms with Gasteiger partial charge in [0.05, 0.1) is 17.7 Å². The van der Waals surface area contributed by atoms with Gasteiger partial charge in [-0.3, -0.25) is 4.79 Å². The Morgan fingerprint density at radius 3 is 1.89 bits per heavy atom. The van der Waals surface area contributed by atoms with Gasteiger partial charge in [0.25, 0.3) is 5.91 Å². The summed E-state index contributed by atoms with van der Waals surface area (Å²) in [7, 11) is 3.80. The van der Waals surface area contributed by atoms with Crippen LogP contribution in [-0.2, 0) is 14.3 Å². The van der Waals surface area contributed by atoms with Crippen molar-refractivity contribution in [2.24, 2.45) is 0 Å². The number of hydrogen-bond acceptors (Lipinski definition) is 6. The number of benzene rings is 2. The van der Waals surface area contributed by atoms with Crippen LogP contribution >= 0.6 is 0 Å². The smallest absolute Gasteiger partial charge is 0.338 e. The van der Waals surface area contributed by atoms with Gasteiger partial charge in [0.1, 0.15) is 0 Å². The fraction of sp³-hybridized carbons (Fsp3) is 0.250. The minimum absolute atomic E-state index is 0.292. The molecule has 7 heteroatoms. The van der Waals surface area contributed by atoms with Crippen molar-refractivity contribution in [3.8, 4) is 0 Å². The van der Waals surface area contributed by atoms with Crippen molar-refractivity contribution in [3.63, 3.8) is 0 Å². The highest BCUT2D eigenvalue weighted by Crippen LogP contribution is 2.13. The first kappa shape index (κ1) is 20.0. The standard InChI is InChI=1S/C20H22N2O5/c1-4-26-19(24)14-5-9-16(10-6-14)21-18(23)13-27-20(25)15-7-11-17(12-8-15)22(2)3/h5-12H,4,13H2,1-3H3,(H,21,23). The number of rotatable bonds is 7. The molecule has 0 spiro atoms. The molecule has 0 aliphatic carbocycles. The van der Waals surface area contributed by atoms with Crippen LogP contribution in [0.25, 0.3) is 0 Å². The number of anilines is 2. The fourth-order valence-corrected chi connectivity index (χ4v) is 2.21. The Balaban J connectivity index is 1.85. The summed E-state index contributed by atoms with van der Waals surface area (Å²) in [5, 5.41) is 2.60. The Kier molecular flexibility index (Phi) is 6.93. The van der Waals surface area contributed by atoms with Crippen LogP contribution in [-0.4, -0.2) is 45.2 Å². The fourth-order valence-electron chi connectivity index (χ4n) is 2.21. The first-order chi connectivity index (χ1) is 12.9. The van der Waals surface area contributed by atoms with E-state index in [4.69, 9.17) is 9.47 Å². The van der Waals surface area contributed by atoms with Crippen LogP contribution in [0.4, 0.5) is 11.4 Å². The van der Waals surface area contributed by atoms with Gasteiger partial charge in [-0.15, -0.1) is 0 Å². The van der Waals surface area contributed by atoms with Crippen molar-refractivity contribution < 1.29 is 23.9 Å². The molecule has 0 fully saturated rings. The molecular weight excluding hydrogens is 348 g/mol. The summed E-state index contributed by atoms with van der Waals surface area (Å²) in [6, 6.07) is 13.1. The first-order valence-electron chi connectivity index (χ1n) is 8.42. The monoisotopic (exact) mass is 370 g/mol. The Bertz CT molecular complexity index is 798. The molecule has 0 bridgehead atoms. The second-order valence-electron chi connectivity index (χ2n) is 5.86. The van der Waals surface area contributed by atoms with Gasteiger partial charge in [-0.2, -0.15) is 0 Å². The quantitative estimate of drug-likeness (QED) is 0.755. The summed E-state index contributed by atoms with van der Waals surface area (Å²) in [6.45, 7) is 1.61. The number of nitrogens with zero attached hydrogens (tertiary/aromatic N) is 1. The molecule has 0 unspecified atom stereocenters. The zero-order valence-corrected chi connectivity index (χ0v) is 15.5. The molecule has 0 saturated carbocycles. The van der Waals surface area contributed by atoms with Gasteiger partial charge in [-0.1, -0.05) is 0 Å². The van der Waals surface area contributed by atoms with Gasteiger partial charge < -0.3 is 19.7 Å². The highest BCUT2D eigenvalue weighted by molar-refractivity contribution is 5.96. The van der Waals surface area contributed by atoms with E-state index in [-0.39, 0.29) is 0 Å². The molecule has 0 saturated heterocycles. The van der Waals surface area contributed by atoms with E-state index >= 15 is 0 Å². The van der Waals surface area contributed by atoms with Crippen LogP contribution < -0.4 is 10.2 Å². The average molecular weight is 370 g/mol. The zero-order valence-electron chi connectivity index (χ0n) is 15.5. The summed E-state index contributed by atoms with van der Waals surface area (Å²) >= 11 is 0. The van der Waals surface area contributed by atoms with E-state index in [9.17, 15) is 14.4 Å². The van der Waals surface area contributed by atoms with Crippen molar-refractivity contribution in [3.05, 3.63) is 59.7 Å². The molecule has 2 aromatic carbocycles. The lowest BCUT2D eigenvalue weighted by Gasteiger charge is -2.12. The van der Waals surface area contributed by atoms with Crippen LogP contribution in [0.15, 0.2) is 48.5 Å². The number of carbonyl (C=O) groups is 3. The van der Waals surface area contributed by atoms with Gasteiger partial charge in [0.15, 0.2) is 6.61 Å². The molecule has 0 atom stereocenters. The van der Waals surface area contributed by atoms with Gasteiger partial charge in [0.2, 0.25) is 0 Å². The van der Waals surface area contributed by atoms with Crippen LogP contribution in [0, 0.1) is 0 Å². The summed E-state index contributed by atoms with van der Waals surface area (Å²) in [4.78, 5) is 37.4. The molecule has 0 aliphatic heterocycles. The van der Waals surface area contributed by atoms with E-state index < -0.39 is 24.5 Å². The average Bonchev–Trinajstić information content (AvgIpc) is 2.67. The van der Waals surface area contributed by atoms with E-state index in [1.54, 1.807) is 55.5 Å². The SMILES string of the molecule is CCOC(=O)c1ccc(NC(=O)COC(=O)c2ccc(N(C)C)cc2)cc1. The number of ether oxygens (including phenoxy) is 2. The first-order valence-corrected chi connectivity index (χ1v) is 8.42. The highest BCUT2D eigenvalue weighted by Gasteiger charge is 2.11. The summed E-state index contributed by atoms with van der Waals surface area (Å²) in [6.07, 6.45) is 0. The predicted molar refractivity (Wildman–Crippen MR) is 102 cm³/mol. The van der Waals surface area contributed by atoms with E-state index in [2.05, 4.69) is 5.32 Å². The molecule has 0 radical (unpaired) electrons. The normalized spacial score (nSPS) is 10.0. The van der Waals surface area contributed by atoms with Crippen LogP contribution in [0.3, 0.4) is 0 Å². The van der Waals surface area contributed by atoms with Crippen LogP contribution in [0.1, 0.15) is 27.6 Å². The van der Waals surface area contributed by atoms with Gasteiger partial charge in [-0.25, -0.2) is 9.59 Å². The number of nitrogens with one attached hydrogen (secondary N) is 1. The third-order valence-electron chi connectivity index (χ3n) is 3.63. The minimum atomic E-state index is -0.576. The van der Waals surface area contributed by atoms with Crippen molar-refractivity contribution >= 4 is 29.2 Å². The molecule has 2 rings (SSSR count). The zero-order chi connectivity index (χ0) is 19.8. The molecule has 7 nitrogen and oxygen atoms in total. The van der Waals surface area contributed by atoms with E-state index in [1.165, 1.54) is 0 Å². The molecule has 0 aliphatic rings. The number of hydrogen-bond donors (Lipinski definition) is 1. The van der Waals surface area contributed by atoms with E-state index in [0.29, 0.717) is 23.4 Å². The van der Waals surface area contributed by atoms with Crippen molar-refractivity contribution in [2.75, 3.05) is 37.5 Å². The van der Waals surface area contributed by atoms with Crippen molar-refractivity contribution in [1.29, 1.82) is 0 Å². The Labute approximate surface area is 157 Å². The second-order valence-corrected chi connectivity index (χ2v) is 5.86. The van der Waals surface area contributed by atoms with E-state index in [1.807, 2.05) is 19.0 Å². The largest absolute Gasteiger partial charge is 0.462 e. The maximum atomic E-state index is 12.0. The Morgan fingerprint density at radius 1 is 0.852 bits per heavy atom. The third-order valence-corrected chi connectivity index (χ3v) is 3.63. The Morgan fingerprint density at radius 2 is 1.37 bits per heavy atom. The summed E-state index contributed by atoms with van der Waals surface area (Å²) in [5.41, 5.74) is 2.20. The van der Waals surface area contributed by atoms with Crippen molar-refractivity contribution in [1.82, 2.24) is 0 Å². The molecule has 27 heavy (non-hydrogen) atoms. The second kappa shape index (κ2) is 9.38. The Hall–Kier alpha value is -3.35. The topological polar surface area (TPSA) is 84.9 Å². The lowest BCUT2D eigenvalue weighted by molar-refractivity contribution is -0.119. The number of carbonyl (C=O) groups excluding carboxylic acids is 3. The highest BCUT2D eigenvalue weighted by atomic mass is 16.5. The third kappa shape index (κ3) is 5.85. The molecule has 1 amide bonds. The number of esters is 2. The lowest BCUT2D eigenvalue weighted by Crippen LogP contribution is -2.21. The number of amides is 1. The predicted octanol–water partition coefficient (Wildman–Crippen LogP) is 2.72. The lowest BCUT2D eigenvalue weighted by atomic mass is 10.2. The molecule has 142 valence electrons. The molecule has 1 N–H and O–H groups in total. The summed E-state index contributed by atoms with van der Waals surface area (Å²) in [5.74, 6) is -1.48. The van der Waals surface area contributed by atoms with Gasteiger partial charge in [-0.05, 0) is 55.5 Å². The maximum Gasteiger partial charge on any atom is 0.338 e. The molecule has 0 aromatic heterocycles. The molecular formula is C20H22N2O5. The maximum absolute atomic E-state index is 12.0. The van der Waals surface area contributed by atoms with Gasteiger partial charge in [0, 0.05) is 25.5 Å².